The molecule has 0 bridgehead atoms. The van der Waals surface area contributed by atoms with E-state index in [4.69, 9.17) is 21.0 Å². The van der Waals surface area contributed by atoms with Gasteiger partial charge in [-0.15, -0.1) is 11.3 Å². The van der Waals surface area contributed by atoms with Crippen molar-refractivity contribution in [2.75, 3.05) is 12.8 Å². The van der Waals surface area contributed by atoms with E-state index in [1.165, 1.54) is 11.3 Å². The summed E-state index contributed by atoms with van der Waals surface area (Å²) >= 11 is 1.28. The fourth-order valence-corrected chi connectivity index (χ4v) is 6.77. The van der Waals surface area contributed by atoms with Gasteiger partial charge < -0.3 is 21.5 Å². The van der Waals surface area contributed by atoms with Gasteiger partial charge in [0.2, 0.25) is 15.9 Å². The number of aliphatic carboxylic acids is 1. The largest absolute Gasteiger partial charge is 0.490 e. The molecule has 11 nitrogen and oxygen atoms in total. The van der Waals surface area contributed by atoms with Crippen molar-refractivity contribution in [2.24, 2.45) is 5.73 Å². The number of carbonyl (C=O) groups is 3. The summed E-state index contributed by atoms with van der Waals surface area (Å²) in [6.45, 7) is 2.50. The van der Waals surface area contributed by atoms with E-state index in [0.29, 0.717) is 23.4 Å². The first kappa shape index (κ1) is 36.3. The number of carbonyl (C=O) groups excluding carboxylic acids is 2. The number of halogens is 3. The van der Waals surface area contributed by atoms with Crippen LogP contribution in [0.1, 0.15) is 51.2 Å². The molecule has 0 aliphatic carbocycles. The number of amidine groups is 1. The molecule has 7 N–H and O–H groups in total. The Morgan fingerprint density at radius 1 is 1.07 bits per heavy atom. The third-order valence-corrected chi connectivity index (χ3v) is 8.80. The van der Waals surface area contributed by atoms with Crippen LogP contribution in [0.25, 0.3) is 0 Å². The SMILES string of the molecule is Cc1sc(C(NC(=O)[C@H](NS(C)(=O)=O)C(c2ccccc2)c2ccccc2)C(=O)[C@@H]2CCCN2)cc1C(=N)N.O=C(O)C(F)(F)F. The van der Waals surface area contributed by atoms with Crippen LogP contribution in [0, 0.1) is 12.3 Å². The van der Waals surface area contributed by atoms with Crippen molar-refractivity contribution in [1.82, 2.24) is 15.4 Å². The molecule has 248 valence electrons. The maximum absolute atomic E-state index is 14.1. The molecule has 1 amide bonds. The number of sulfonamides is 1. The summed E-state index contributed by atoms with van der Waals surface area (Å²) in [5.74, 6) is -4.40. The summed E-state index contributed by atoms with van der Waals surface area (Å²) < 4.78 is 59.3. The summed E-state index contributed by atoms with van der Waals surface area (Å²) in [7, 11) is -3.83. The third kappa shape index (κ3) is 9.94. The molecular weight excluding hydrogens is 647 g/mol. The molecule has 2 aromatic carbocycles. The molecule has 1 aromatic heterocycles. The predicted molar refractivity (Wildman–Crippen MR) is 167 cm³/mol. The van der Waals surface area contributed by atoms with E-state index in [2.05, 4.69) is 15.4 Å². The minimum Gasteiger partial charge on any atom is -0.475 e. The lowest BCUT2D eigenvalue weighted by atomic mass is 9.84. The van der Waals surface area contributed by atoms with Crippen LogP contribution >= 0.6 is 11.3 Å². The van der Waals surface area contributed by atoms with Gasteiger partial charge in [0.1, 0.15) is 17.9 Å². The van der Waals surface area contributed by atoms with Gasteiger partial charge in [-0.1, -0.05) is 60.7 Å². The van der Waals surface area contributed by atoms with Crippen molar-refractivity contribution in [3.8, 4) is 0 Å². The number of alkyl halides is 3. The maximum Gasteiger partial charge on any atom is 0.490 e. The Kier molecular flexibility index (Phi) is 12.2. The Balaban J connectivity index is 0.000000738. The minimum atomic E-state index is -5.08. The average molecular weight is 682 g/mol. The fraction of sp³-hybridized carbons (Fsp3) is 0.333. The van der Waals surface area contributed by atoms with E-state index < -0.39 is 52.1 Å². The summed E-state index contributed by atoms with van der Waals surface area (Å²) in [5.41, 5.74) is 7.72. The fourth-order valence-electron chi connectivity index (χ4n) is 4.96. The van der Waals surface area contributed by atoms with Crippen LogP contribution in [0.5, 0.6) is 0 Å². The number of ketones is 1. The van der Waals surface area contributed by atoms with E-state index in [9.17, 15) is 31.2 Å². The zero-order valence-electron chi connectivity index (χ0n) is 24.8. The average Bonchev–Trinajstić information content (AvgIpc) is 3.66. The van der Waals surface area contributed by atoms with Crippen LogP contribution < -0.4 is 21.1 Å². The number of aryl methyl sites for hydroxylation is 1. The van der Waals surface area contributed by atoms with Crippen LogP contribution in [0.2, 0.25) is 0 Å². The molecule has 1 unspecified atom stereocenters. The Bertz CT molecular complexity index is 1600. The molecule has 1 aliphatic rings. The van der Waals surface area contributed by atoms with Crippen molar-refractivity contribution in [2.45, 2.75) is 50.0 Å². The Hall–Kier alpha value is -4.12. The van der Waals surface area contributed by atoms with Crippen LogP contribution in [0.4, 0.5) is 13.2 Å². The monoisotopic (exact) mass is 681 g/mol. The van der Waals surface area contributed by atoms with E-state index in [1.54, 1.807) is 13.0 Å². The molecule has 1 aliphatic heterocycles. The van der Waals surface area contributed by atoms with Gasteiger partial charge in [-0.3, -0.25) is 15.0 Å². The highest BCUT2D eigenvalue weighted by Crippen LogP contribution is 2.32. The van der Waals surface area contributed by atoms with Gasteiger partial charge in [0.15, 0.2) is 5.78 Å². The highest BCUT2D eigenvalue weighted by molar-refractivity contribution is 7.88. The lowest BCUT2D eigenvalue weighted by Gasteiger charge is -2.29. The highest BCUT2D eigenvalue weighted by Gasteiger charge is 2.39. The van der Waals surface area contributed by atoms with Crippen LogP contribution in [0.15, 0.2) is 66.7 Å². The highest BCUT2D eigenvalue weighted by atomic mass is 32.2. The number of nitrogens with two attached hydrogens (primary N) is 1. The number of amides is 1. The molecule has 0 spiro atoms. The standard InChI is InChI=1S/C28H33N5O4S2.C2HF3O2/c1-17-20(27(29)30)16-22(38-17)24(26(34)21-14-9-15-31-21)32-28(35)25(33-39(2,36)37)23(18-10-5-3-6-11-18)19-12-7-4-8-13-19;3-2(4,5)1(6)7/h3-8,10-13,16,21,23-25,31,33H,9,14-15H2,1-2H3,(H3,29,30)(H,32,35);(H,6,7)/t21-,24?,25+;/m0./s1. The van der Waals surface area contributed by atoms with E-state index in [-0.39, 0.29) is 11.6 Å². The van der Waals surface area contributed by atoms with Crippen LogP contribution in [-0.2, 0) is 24.4 Å². The topological polar surface area (TPSA) is 192 Å². The molecule has 46 heavy (non-hydrogen) atoms. The molecule has 4 rings (SSSR count). The number of carboxylic acid groups (broad SMARTS) is 1. The molecule has 2 heterocycles. The summed E-state index contributed by atoms with van der Waals surface area (Å²) in [6.07, 6.45) is -2.61. The minimum absolute atomic E-state index is 0.128. The van der Waals surface area contributed by atoms with Crippen molar-refractivity contribution < 1.29 is 41.1 Å². The van der Waals surface area contributed by atoms with Crippen molar-refractivity contribution >= 4 is 44.9 Å². The van der Waals surface area contributed by atoms with Gasteiger partial charge >= 0.3 is 12.1 Å². The lowest BCUT2D eigenvalue weighted by Crippen LogP contribution is -2.52. The number of hydrogen-bond acceptors (Lipinski definition) is 8. The lowest BCUT2D eigenvalue weighted by molar-refractivity contribution is -0.192. The molecule has 3 atom stereocenters. The van der Waals surface area contributed by atoms with Gasteiger partial charge in [0.05, 0.1) is 12.3 Å². The van der Waals surface area contributed by atoms with Gasteiger partial charge in [0, 0.05) is 21.2 Å². The number of nitrogen functional groups attached to an aromatic ring is 1. The quantitative estimate of drug-likeness (QED) is 0.131. The number of benzene rings is 2. The van der Waals surface area contributed by atoms with E-state index in [1.807, 2.05) is 60.7 Å². The number of rotatable bonds is 11. The first-order valence-electron chi connectivity index (χ1n) is 13.9. The first-order chi connectivity index (χ1) is 21.5. The Morgan fingerprint density at radius 2 is 1.59 bits per heavy atom. The van der Waals surface area contributed by atoms with E-state index >= 15 is 0 Å². The third-order valence-electron chi connectivity index (χ3n) is 7.00. The van der Waals surface area contributed by atoms with Crippen LogP contribution in [-0.4, -0.2) is 68.1 Å². The molecule has 0 saturated carbocycles. The smallest absolute Gasteiger partial charge is 0.475 e. The first-order valence-corrected chi connectivity index (χ1v) is 16.6. The van der Waals surface area contributed by atoms with Crippen LogP contribution in [0.3, 0.4) is 0 Å². The van der Waals surface area contributed by atoms with E-state index in [0.717, 1.165) is 28.7 Å². The van der Waals surface area contributed by atoms with Gasteiger partial charge in [-0.05, 0) is 43.5 Å². The second kappa shape index (κ2) is 15.4. The molecule has 0 radical (unpaired) electrons. The van der Waals surface area contributed by atoms with Gasteiger partial charge in [-0.25, -0.2) is 17.9 Å². The molecule has 1 saturated heterocycles. The van der Waals surface area contributed by atoms with Crippen molar-refractivity contribution in [3.63, 3.8) is 0 Å². The summed E-state index contributed by atoms with van der Waals surface area (Å²) in [5, 5.41) is 21.1. The molecule has 16 heteroatoms. The second-order valence-corrected chi connectivity index (χ2v) is 13.6. The van der Waals surface area contributed by atoms with Crippen molar-refractivity contribution in [3.05, 3.63) is 93.2 Å². The molecule has 1 fully saturated rings. The number of nitrogens with one attached hydrogen (secondary N) is 4. The normalized spacial score (nSPS) is 16.2. The summed E-state index contributed by atoms with van der Waals surface area (Å²) in [6, 6.07) is 17.3. The Morgan fingerprint density at radius 3 is 1.98 bits per heavy atom. The Labute approximate surface area is 268 Å². The van der Waals surface area contributed by atoms with Gasteiger partial charge in [-0.2, -0.15) is 13.2 Å². The predicted octanol–water partition coefficient (Wildman–Crippen LogP) is 3.20. The number of thiophene rings is 1. The second-order valence-electron chi connectivity index (χ2n) is 10.5. The number of hydrogen-bond donors (Lipinski definition) is 6. The van der Waals surface area contributed by atoms with Gasteiger partial charge in [0.25, 0.3) is 0 Å². The number of Topliss-reactive ketones (excluding diaryl/α,β-unsaturated/α-hetero) is 1. The number of carboxylic acids is 1. The zero-order valence-corrected chi connectivity index (χ0v) is 26.4. The maximum atomic E-state index is 14.1. The molecule has 3 aromatic rings. The van der Waals surface area contributed by atoms with Crippen molar-refractivity contribution in [1.29, 1.82) is 5.41 Å². The molecular formula is C30H34F3N5O6S2. The summed E-state index contributed by atoms with van der Waals surface area (Å²) in [4.78, 5) is 37.9. The zero-order chi connectivity index (χ0) is 34.2.